The number of hydrogen-bond donors (Lipinski definition) is 1. The molecule has 2 rings (SSSR count). The summed E-state index contributed by atoms with van der Waals surface area (Å²) >= 11 is 3.42. The molecule has 0 bridgehead atoms. The number of rotatable bonds is 3. The summed E-state index contributed by atoms with van der Waals surface area (Å²) in [4.78, 5) is 4.24. The monoisotopic (exact) mass is 321 g/mol. The average Bonchev–Trinajstić information content (AvgIpc) is 2.37. The molecule has 1 heterocycles. The van der Waals surface area contributed by atoms with Crippen LogP contribution < -0.4 is 4.74 Å². The highest BCUT2D eigenvalue weighted by molar-refractivity contribution is 9.10. The molecule has 0 spiro atoms. The number of aryl methyl sites for hydroxylation is 2. The number of pyridine rings is 1. The number of halogens is 1. The molecule has 1 aromatic carbocycles. The van der Waals surface area contributed by atoms with Gasteiger partial charge in [-0.15, -0.1) is 0 Å². The molecular formula is C15H16BrNO2. The third-order valence-electron chi connectivity index (χ3n) is 3.03. The van der Waals surface area contributed by atoms with Crippen LogP contribution in [0.4, 0.5) is 0 Å². The topological polar surface area (TPSA) is 42.4 Å². The van der Waals surface area contributed by atoms with E-state index in [9.17, 15) is 5.11 Å². The number of ether oxygens (including phenoxy) is 1. The number of aliphatic hydroxyl groups is 1. The van der Waals surface area contributed by atoms with Gasteiger partial charge in [-0.25, -0.2) is 0 Å². The van der Waals surface area contributed by atoms with Gasteiger partial charge < -0.3 is 9.84 Å². The van der Waals surface area contributed by atoms with Crippen LogP contribution in [-0.2, 0) is 0 Å². The van der Waals surface area contributed by atoms with Crippen molar-refractivity contribution in [3.63, 3.8) is 0 Å². The summed E-state index contributed by atoms with van der Waals surface area (Å²) in [7, 11) is 1.61. The van der Waals surface area contributed by atoms with Gasteiger partial charge >= 0.3 is 0 Å². The largest absolute Gasteiger partial charge is 0.496 e. The Labute approximate surface area is 121 Å². The Morgan fingerprint density at radius 3 is 2.68 bits per heavy atom. The van der Waals surface area contributed by atoms with Crippen LogP contribution in [0.5, 0.6) is 5.75 Å². The Balaban J connectivity index is 2.56. The molecule has 100 valence electrons. The van der Waals surface area contributed by atoms with Gasteiger partial charge in [0.15, 0.2) is 0 Å². The lowest BCUT2D eigenvalue weighted by Gasteiger charge is -2.18. The standard InChI is InChI=1S/C15H16BrNO2/c1-9-7-10(2)13(12(8-9)19-3)15(18)14-11(16)5-4-6-17-14/h4-8,15,18H,1-3H3. The minimum atomic E-state index is -0.814. The van der Waals surface area contributed by atoms with Crippen molar-refractivity contribution in [2.75, 3.05) is 7.11 Å². The lowest BCUT2D eigenvalue weighted by atomic mass is 9.97. The third-order valence-corrected chi connectivity index (χ3v) is 3.70. The maximum Gasteiger partial charge on any atom is 0.126 e. The van der Waals surface area contributed by atoms with Gasteiger partial charge in [0.2, 0.25) is 0 Å². The van der Waals surface area contributed by atoms with E-state index in [0.717, 1.165) is 21.2 Å². The molecule has 3 nitrogen and oxygen atoms in total. The van der Waals surface area contributed by atoms with E-state index in [1.807, 2.05) is 38.1 Å². The first-order chi connectivity index (χ1) is 9.04. The molecule has 1 atom stereocenters. The molecule has 4 heteroatoms. The van der Waals surface area contributed by atoms with Crippen molar-refractivity contribution in [2.24, 2.45) is 0 Å². The van der Waals surface area contributed by atoms with Gasteiger partial charge in [0.25, 0.3) is 0 Å². The second-order valence-electron chi connectivity index (χ2n) is 4.47. The van der Waals surface area contributed by atoms with Crippen molar-refractivity contribution in [2.45, 2.75) is 20.0 Å². The van der Waals surface area contributed by atoms with Crippen molar-refractivity contribution < 1.29 is 9.84 Å². The van der Waals surface area contributed by atoms with Crippen molar-refractivity contribution in [3.05, 3.63) is 57.3 Å². The summed E-state index contributed by atoms with van der Waals surface area (Å²) in [6.45, 7) is 3.97. The lowest BCUT2D eigenvalue weighted by Crippen LogP contribution is -2.07. The quantitative estimate of drug-likeness (QED) is 0.940. The van der Waals surface area contributed by atoms with Crippen LogP contribution in [0, 0.1) is 13.8 Å². The average molecular weight is 322 g/mol. The van der Waals surface area contributed by atoms with Gasteiger partial charge in [0.1, 0.15) is 11.9 Å². The summed E-state index contributed by atoms with van der Waals surface area (Å²) in [5.41, 5.74) is 3.44. The summed E-state index contributed by atoms with van der Waals surface area (Å²) in [5, 5.41) is 10.6. The molecule has 0 radical (unpaired) electrons. The first kappa shape index (κ1) is 14.0. The van der Waals surface area contributed by atoms with E-state index >= 15 is 0 Å². The molecule has 1 unspecified atom stereocenters. The van der Waals surface area contributed by atoms with Crippen LogP contribution in [0.25, 0.3) is 0 Å². The van der Waals surface area contributed by atoms with Crippen LogP contribution >= 0.6 is 15.9 Å². The lowest BCUT2D eigenvalue weighted by molar-refractivity contribution is 0.208. The highest BCUT2D eigenvalue weighted by Crippen LogP contribution is 2.35. The summed E-state index contributed by atoms with van der Waals surface area (Å²) in [6.07, 6.45) is 0.852. The highest BCUT2D eigenvalue weighted by atomic mass is 79.9. The zero-order valence-corrected chi connectivity index (χ0v) is 12.7. The fourth-order valence-electron chi connectivity index (χ4n) is 2.19. The minimum absolute atomic E-state index is 0.591. The highest BCUT2D eigenvalue weighted by Gasteiger charge is 2.21. The molecule has 0 fully saturated rings. The molecule has 0 aliphatic heterocycles. The second kappa shape index (κ2) is 5.72. The van der Waals surface area contributed by atoms with Crippen LogP contribution in [0.1, 0.15) is 28.5 Å². The van der Waals surface area contributed by atoms with E-state index in [1.165, 1.54) is 0 Å². The molecule has 19 heavy (non-hydrogen) atoms. The van der Waals surface area contributed by atoms with Crippen LogP contribution in [-0.4, -0.2) is 17.2 Å². The fraction of sp³-hybridized carbons (Fsp3) is 0.267. The molecule has 0 saturated carbocycles. The summed E-state index contributed by atoms with van der Waals surface area (Å²) < 4.78 is 6.17. The van der Waals surface area contributed by atoms with Crippen LogP contribution in [0.3, 0.4) is 0 Å². The number of nitrogens with zero attached hydrogens (tertiary/aromatic N) is 1. The SMILES string of the molecule is COc1cc(C)cc(C)c1C(O)c1ncccc1Br. The maximum atomic E-state index is 10.6. The van der Waals surface area contributed by atoms with E-state index < -0.39 is 6.10 Å². The summed E-state index contributed by atoms with van der Waals surface area (Å²) in [6, 6.07) is 7.63. The predicted octanol–water partition coefficient (Wildman–Crippen LogP) is 3.55. The van der Waals surface area contributed by atoms with Gasteiger partial charge in [0, 0.05) is 16.2 Å². The van der Waals surface area contributed by atoms with Crippen LogP contribution in [0.15, 0.2) is 34.9 Å². The molecule has 0 amide bonds. The fourth-order valence-corrected chi connectivity index (χ4v) is 2.67. The number of hydrogen-bond acceptors (Lipinski definition) is 3. The molecule has 0 aliphatic rings. The predicted molar refractivity (Wildman–Crippen MR) is 78.5 cm³/mol. The Morgan fingerprint density at radius 2 is 2.05 bits per heavy atom. The molecule has 0 saturated heterocycles. The minimum Gasteiger partial charge on any atom is -0.496 e. The van der Waals surface area contributed by atoms with E-state index in [0.29, 0.717) is 11.4 Å². The van der Waals surface area contributed by atoms with Crippen molar-refractivity contribution in [1.29, 1.82) is 0 Å². The Hall–Kier alpha value is -1.39. The van der Waals surface area contributed by atoms with Gasteiger partial charge in [-0.1, -0.05) is 6.07 Å². The molecule has 1 aromatic heterocycles. The maximum absolute atomic E-state index is 10.6. The zero-order chi connectivity index (χ0) is 14.0. The normalized spacial score (nSPS) is 12.3. The first-order valence-electron chi connectivity index (χ1n) is 5.98. The number of aromatic nitrogens is 1. The second-order valence-corrected chi connectivity index (χ2v) is 5.33. The Bertz CT molecular complexity index is 599. The van der Waals surface area contributed by atoms with E-state index in [1.54, 1.807) is 13.3 Å². The van der Waals surface area contributed by atoms with Gasteiger partial charge in [-0.3, -0.25) is 4.98 Å². The van der Waals surface area contributed by atoms with Gasteiger partial charge in [0.05, 0.1) is 12.8 Å². The van der Waals surface area contributed by atoms with Gasteiger partial charge in [-0.2, -0.15) is 0 Å². The van der Waals surface area contributed by atoms with E-state index in [-0.39, 0.29) is 0 Å². The smallest absolute Gasteiger partial charge is 0.126 e. The van der Waals surface area contributed by atoms with E-state index in [4.69, 9.17) is 4.74 Å². The van der Waals surface area contributed by atoms with Crippen molar-refractivity contribution in [3.8, 4) is 5.75 Å². The number of aliphatic hydroxyl groups excluding tert-OH is 1. The third kappa shape index (κ3) is 2.80. The Morgan fingerprint density at radius 1 is 1.32 bits per heavy atom. The zero-order valence-electron chi connectivity index (χ0n) is 11.1. The van der Waals surface area contributed by atoms with Crippen molar-refractivity contribution >= 4 is 15.9 Å². The summed E-state index contributed by atoms with van der Waals surface area (Å²) in [5.74, 6) is 0.683. The molecule has 2 aromatic rings. The molecule has 1 N–H and O–H groups in total. The molecule has 0 aliphatic carbocycles. The Kier molecular flexibility index (Phi) is 4.22. The number of methoxy groups -OCH3 is 1. The van der Waals surface area contributed by atoms with E-state index in [2.05, 4.69) is 20.9 Å². The van der Waals surface area contributed by atoms with Crippen molar-refractivity contribution in [1.82, 2.24) is 4.98 Å². The number of benzene rings is 1. The van der Waals surface area contributed by atoms with Gasteiger partial charge in [-0.05, 0) is 59.1 Å². The van der Waals surface area contributed by atoms with Crippen LogP contribution in [0.2, 0.25) is 0 Å². The first-order valence-corrected chi connectivity index (χ1v) is 6.77. The molecular weight excluding hydrogens is 306 g/mol.